The first kappa shape index (κ1) is 37.2. The van der Waals surface area contributed by atoms with Crippen LogP contribution >= 0.6 is 34.5 Å². The number of aromatic nitrogens is 1. The molecule has 1 N–H and O–H groups in total. The van der Waals surface area contributed by atoms with Crippen LogP contribution in [0.3, 0.4) is 0 Å². The minimum atomic E-state index is -0.968. The first-order valence-corrected chi connectivity index (χ1v) is 17.0. The van der Waals surface area contributed by atoms with E-state index in [4.69, 9.17) is 42.1 Å². The van der Waals surface area contributed by atoms with Gasteiger partial charge in [0.1, 0.15) is 23.1 Å². The van der Waals surface area contributed by atoms with Crippen LogP contribution < -0.4 is 14.8 Å². The number of allylic oxidation sites excluding steroid dienone is 4. The molecule has 1 unspecified atom stereocenters. The summed E-state index contributed by atoms with van der Waals surface area (Å²) in [5.74, 6) is 0.196. The third-order valence-electron chi connectivity index (χ3n) is 7.92. The Labute approximate surface area is 296 Å². The molecular weight excluding hydrogens is 673 g/mol. The topological polar surface area (TPSA) is 99.2 Å². The average molecular weight is 715 g/mol. The molecule has 48 heavy (non-hydrogen) atoms. The third kappa shape index (κ3) is 9.93. The van der Waals surface area contributed by atoms with Crippen LogP contribution in [0.15, 0.2) is 79.2 Å². The molecule has 12 heteroatoms. The van der Waals surface area contributed by atoms with Gasteiger partial charge in [0.05, 0.1) is 24.3 Å². The Morgan fingerprint density at radius 2 is 1.83 bits per heavy atom. The van der Waals surface area contributed by atoms with E-state index in [9.17, 15) is 9.59 Å². The Kier molecular flexibility index (Phi) is 13.7. The second-order valence-corrected chi connectivity index (χ2v) is 13.6. The van der Waals surface area contributed by atoms with E-state index in [1.165, 1.54) is 30.8 Å². The van der Waals surface area contributed by atoms with Crippen LogP contribution in [0, 0.1) is 0 Å². The van der Waals surface area contributed by atoms with E-state index >= 15 is 0 Å². The van der Waals surface area contributed by atoms with Gasteiger partial charge in [-0.3, -0.25) is 15.1 Å². The highest BCUT2D eigenvalue weighted by molar-refractivity contribution is 7.13. The van der Waals surface area contributed by atoms with Crippen molar-refractivity contribution >= 4 is 46.5 Å². The first-order chi connectivity index (χ1) is 23.0. The van der Waals surface area contributed by atoms with Crippen LogP contribution in [0.5, 0.6) is 11.5 Å². The number of nitrogens with one attached hydrogen (secondary N) is 1. The summed E-state index contributed by atoms with van der Waals surface area (Å²) in [6, 6.07) is 8.89. The molecule has 0 radical (unpaired) electrons. The molecule has 0 aliphatic heterocycles. The summed E-state index contributed by atoms with van der Waals surface area (Å²) in [5, 5.41) is 4.21. The van der Waals surface area contributed by atoms with Gasteiger partial charge >= 0.3 is 11.9 Å². The number of ether oxygens (including phenoxy) is 4. The van der Waals surface area contributed by atoms with Crippen molar-refractivity contribution in [1.29, 1.82) is 0 Å². The van der Waals surface area contributed by atoms with Gasteiger partial charge in [-0.1, -0.05) is 65.7 Å². The number of carbonyl (C=O) groups excluding carboxylic acids is 2. The number of benzene rings is 1. The highest BCUT2D eigenvalue weighted by Crippen LogP contribution is 2.36. The molecule has 0 saturated heterocycles. The zero-order valence-corrected chi connectivity index (χ0v) is 29.9. The van der Waals surface area contributed by atoms with E-state index in [1.54, 1.807) is 31.4 Å². The van der Waals surface area contributed by atoms with Crippen LogP contribution in [-0.2, 0) is 27.2 Å². The summed E-state index contributed by atoms with van der Waals surface area (Å²) in [4.78, 5) is 34.4. The van der Waals surface area contributed by atoms with Crippen LogP contribution in [0.25, 0.3) is 0 Å². The summed E-state index contributed by atoms with van der Waals surface area (Å²) in [6.45, 7) is 5.36. The number of halogens is 2. The fourth-order valence-corrected chi connectivity index (χ4v) is 6.45. The molecule has 256 valence electrons. The molecule has 0 amide bonds. The summed E-state index contributed by atoms with van der Waals surface area (Å²) in [7, 11) is 6.95. The van der Waals surface area contributed by atoms with Crippen LogP contribution in [-0.4, -0.2) is 68.8 Å². The lowest BCUT2D eigenvalue weighted by Gasteiger charge is -2.32. The molecule has 0 saturated carbocycles. The molecule has 0 fully saturated rings. The van der Waals surface area contributed by atoms with Crippen molar-refractivity contribution in [3.8, 4) is 11.5 Å². The highest BCUT2D eigenvalue weighted by Gasteiger charge is 2.38. The van der Waals surface area contributed by atoms with E-state index in [1.807, 2.05) is 49.4 Å². The molecule has 1 aromatic carbocycles. The van der Waals surface area contributed by atoms with E-state index in [-0.39, 0.29) is 19.0 Å². The van der Waals surface area contributed by atoms with Crippen LogP contribution in [0.4, 0.5) is 0 Å². The quantitative estimate of drug-likeness (QED) is 0.171. The molecule has 2 aromatic heterocycles. The van der Waals surface area contributed by atoms with Gasteiger partial charge in [-0.25, -0.2) is 4.79 Å². The van der Waals surface area contributed by atoms with Gasteiger partial charge in [0.2, 0.25) is 0 Å². The van der Waals surface area contributed by atoms with Crippen LogP contribution in [0.2, 0.25) is 10.0 Å². The number of likely N-dealkylation sites (N-methyl/N-ethyl adjacent to an activating group) is 1. The molecule has 9 nitrogen and oxygen atoms in total. The summed E-state index contributed by atoms with van der Waals surface area (Å²) in [5.41, 5.74) is 1.22. The maximum absolute atomic E-state index is 13.6. The summed E-state index contributed by atoms with van der Waals surface area (Å²) >= 11 is 14.2. The minimum Gasteiger partial charge on any atom is -0.493 e. The number of methoxy groups -OCH3 is 2. The molecule has 2 atom stereocenters. The van der Waals surface area contributed by atoms with Gasteiger partial charge < -0.3 is 23.8 Å². The van der Waals surface area contributed by atoms with Crippen molar-refractivity contribution in [2.45, 2.75) is 43.9 Å². The van der Waals surface area contributed by atoms with Gasteiger partial charge in [-0.2, -0.15) is 0 Å². The number of carbonyl (C=O) groups is 2. The normalized spacial score (nSPS) is 18.3. The molecule has 1 aliphatic carbocycles. The summed E-state index contributed by atoms with van der Waals surface area (Å²) < 4.78 is 22.7. The molecule has 3 aromatic rings. The van der Waals surface area contributed by atoms with E-state index < -0.39 is 17.6 Å². The minimum absolute atomic E-state index is 0.202. The number of pyridine rings is 1. The van der Waals surface area contributed by atoms with E-state index in [0.717, 1.165) is 10.5 Å². The monoisotopic (exact) mass is 713 g/mol. The molecular formula is C36H41Cl2N3O6S. The number of rotatable bonds is 14. The van der Waals surface area contributed by atoms with Gasteiger partial charge in [0.15, 0.2) is 11.5 Å². The van der Waals surface area contributed by atoms with E-state index in [2.05, 4.69) is 16.9 Å². The molecule has 1 aliphatic rings. The standard InChI is InChI=1S/C36H41Cl2N3O6S/c1-24-9-7-6-8-15-36(16-14-24,35(43)46-18-17-41(2)3)40-21-26-11-13-33(48-26)34(42)47-31(20-27-28(37)22-39-23-29(27)38)25-10-12-30(44-4)32(19-25)45-5/h6-13,19,22-23,31,40H,1,14-18,20-21H2,2-5H3/b8-6-,9-7-/t31-,36?/m0/s1. The Hall–Kier alpha value is -3.67. The van der Waals surface area contributed by atoms with Crippen molar-refractivity contribution in [2.75, 3.05) is 41.5 Å². The number of esters is 2. The second-order valence-electron chi connectivity index (χ2n) is 11.6. The predicted octanol–water partition coefficient (Wildman–Crippen LogP) is 7.39. The Morgan fingerprint density at radius 3 is 2.54 bits per heavy atom. The van der Waals surface area contributed by atoms with Gasteiger partial charge in [-0.05, 0) is 68.8 Å². The predicted molar refractivity (Wildman–Crippen MR) is 190 cm³/mol. The maximum atomic E-state index is 13.6. The van der Waals surface area contributed by atoms with Crippen molar-refractivity contribution in [3.05, 3.63) is 110 Å². The van der Waals surface area contributed by atoms with Gasteiger partial charge in [-0.15, -0.1) is 11.3 Å². The largest absolute Gasteiger partial charge is 0.493 e. The highest BCUT2D eigenvalue weighted by atomic mass is 35.5. The number of hydrogen-bond acceptors (Lipinski definition) is 10. The molecule has 0 spiro atoms. The summed E-state index contributed by atoms with van der Waals surface area (Å²) in [6.07, 6.45) is 11.8. The fourth-order valence-electron chi connectivity index (χ4n) is 5.10. The zero-order chi connectivity index (χ0) is 34.7. The first-order valence-electron chi connectivity index (χ1n) is 15.4. The van der Waals surface area contributed by atoms with Crippen molar-refractivity contribution in [3.63, 3.8) is 0 Å². The van der Waals surface area contributed by atoms with Crippen molar-refractivity contribution in [1.82, 2.24) is 15.2 Å². The van der Waals surface area contributed by atoms with Crippen molar-refractivity contribution < 1.29 is 28.5 Å². The smallest absolute Gasteiger partial charge is 0.348 e. The Bertz CT molecular complexity index is 1640. The Morgan fingerprint density at radius 1 is 1.08 bits per heavy atom. The lowest BCUT2D eigenvalue weighted by Crippen LogP contribution is -2.52. The molecule has 0 bridgehead atoms. The van der Waals surface area contributed by atoms with Crippen molar-refractivity contribution in [2.24, 2.45) is 0 Å². The lowest BCUT2D eigenvalue weighted by atomic mass is 9.88. The Balaban J connectivity index is 1.54. The SMILES string of the molecule is C=C1/C=C\C=C/CC(NCc2ccc(C(=O)O[C@@H](Cc3c(Cl)cncc3Cl)c3ccc(OC)c(OC)c3)s2)(C(=O)OCCN(C)C)CC1. The number of hydrogen-bond donors (Lipinski definition) is 1. The molecule has 2 heterocycles. The number of nitrogens with zero attached hydrogens (tertiary/aromatic N) is 2. The maximum Gasteiger partial charge on any atom is 0.348 e. The second kappa shape index (κ2) is 17.6. The number of thiophene rings is 1. The van der Waals surface area contributed by atoms with Crippen LogP contribution in [0.1, 0.15) is 51.0 Å². The third-order valence-corrected chi connectivity index (χ3v) is 9.63. The fraction of sp³-hybridized carbons (Fsp3) is 0.361. The lowest BCUT2D eigenvalue weighted by molar-refractivity contribution is -0.152. The zero-order valence-electron chi connectivity index (χ0n) is 27.6. The van der Waals surface area contributed by atoms with E-state index in [0.29, 0.717) is 69.9 Å². The molecule has 4 rings (SSSR count). The van der Waals surface area contributed by atoms with Gasteiger partial charge in [0, 0.05) is 36.8 Å². The average Bonchev–Trinajstić information content (AvgIpc) is 3.58. The van der Waals surface area contributed by atoms with Gasteiger partial charge in [0.25, 0.3) is 0 Å².